The molecule has 1 fully saturated rings. The van der Waals surface area contributed by atoms with Crippen molar-refractivity contribution in [1.29, 1.82) is 0 Å². The van der Waals surface area contributed by atoms with Gasteiger partial charge >= 0.3 is 0 Å². The quantitative estimate of drug-likeness (QED) is 0.718. The van der Waals surface area contributed by atoms with E-state index in [4.69, 9.17) is 0 Å². The summed E-state index contributed by atoms with van der Waals surface area (Å²) in [5.41, 5.74) is 2.31. The number of anilines is 1. The Morgan fingerprint density at radius 3 is 2.73 bits per heavy atom. The summed E-state index contributed by atoms with van der Waals surface area (Å²) in [7, 11) is 2.02. The van der Waals surface area contributed by atoms with Gasteiger partial charge < -0.3 is 4.90 Å². The molecule has 0 N–H and O–H groups in total. The zero-order valence-electron chi connectivity index (χ0n) is 12.8. The van der Waals surface area contributed by atoms with Crippen LogP contribution in [0.4, 0.5) is 5.82 Å². The largest absolute Gasteiger partial charge is 0.356 e. The first kappa shape index (κ1) is 13.2. The van der Waals surface area contributed by atoms with Crippen LogP contribution in [0.2, 0.25) is 0 Å². The van der Waals surface area contributed by atoms with Crippen molar-refractivity contribution >= 4 is 11.6 Å². The first-order chi connectivity index (χ1) is 10.7. The van der Waals surface area contributed by atoms with E-state index in [2.05, 4.69) is 37.2 Å². The van der Waals surface area contributed by atoms with Crippen molar-refractivity contribution in [3.63, 3.8) is 0 Å². The molecule has 0 amide bonds. The first-order valence-corrected chi connectivity index (χ1v) is 7.62. The molecular weight excluding hydrogens is 278 g/mol. The molecule has 22 heavy (non-hydrogen) atoms. The average Bonchev–Trinajstić information content (AvgIpc) is 3.15. The first-order valence-electron chi connectivity index (χ1n) is 7.62. The van der Waals surface area contributed by atoms with E-state index < -0.39 is 0 Å². The summed E-state index contributed by atoms with van der Waals surface area (Å²) in [6, 6.07) is 4.22. The lowest BCUT2D eigenvalue weighted by Gasteiger charge is -2.33. The highest BCUT2D eigenvalue weighted by Gasteiger charge is 2.24. The van der Waals surface area contributed by atoms with E-state index in [1.54, 1.807) is 6.33 Å². The van der Waals surface area contributed by atoms with Gasteiger partial charge in [-0.1, -0.05) is 0 Å². The van der Waals surface area contributed by atoms with E-state index in [0.29, 0.717) is 11.7 Å². The fraction of sp³-hybridized carbons (Fsp3) is 0.467. The highest BCUT2D eigenvalue weighted by molar-refractivity contribution is 5.47. The molecule has 0 aromatic carbocycles. The zero-order valence-corrected chi connectivity index (χ0v) is 12.8. The van der Waals surface area contributed by atoms with Crippen LogP contribution in [0.3, 0.4) is 0 Å². The van der Waals surface area contributed by atoms with Crippen LogP contribution in [0.1, 0.15) is 30.1 Å². The smallest absolute Gasteiger partial charge is 0.254 e. The number of aryl methyl sites for hydroxylation is 2. The van der Waals surface area contributed by atoms with E-state index in [-0.39, 0.29) is 0 Å². The third-order valence-corrected chi connectivity index (χ3v) is 4.46. The number of piperidine rings is 1. The average molecular weight is 297 g/mol. The maximum atomic E-state index is 4.41. The Morgan fingerprint density at radius 2 is 2.00 bits per heavy atom. The predicted molar refractivity (Wildman–Crippen MR) is 82.9 cm³/mol. The molecule has 0 radical (unpaired) electrons. The molecule has 0 unspecified atom stereocenters. The van der Waals surface area contributed by atoms with Crippen molar-refractivity contribution in [3.8, 4) is 0 Å². The molecule has 3 aromatic heterocycles. The molecule has 4 rings (SSSR count). The van der Waals surface area contributed by atoms with Crippen LogP contribution in [0, 0.1) is 6.92 Å². The van der Waals surface area contributed by atoms with Crippen LogP contribution in [0.5, 0.6) is 0 Å². The fourth-order valence-corrected chi connectivity index (χ4v) is 3.33. The van der Waals surface area contributed by atoms with Crippen LogP contribution >= 0.6 is 0 Å². The molecule has 1 saturated heterocycles. The van der Waals surface area contributed by atoms with Gasteiger partial charge in [0.2, 0.25) is 0 Å². The Kier molecular flexibility index (Phi) is 3.06. The van der Waals surface area contributed by atoms with E-state index in [9.17, 15) is 0 Å². The molecule has 1 aliphatic rings. The molecule has 4 heterocycles. The van der Waals surface area contributed by atoms with Crippen molar-refractivity contribution in [3.05, 3.63) is 36.0 Å². The van der Waals surface area contributed by atoms with Crippen LogP contribution in [-0.4, -0.2) is 42.5 Å². The van der Waals surface area contributed by atoms with Gasteiger partial charge in [-0.15, -0.1) is 0 Å². The predicted octanol–water partition coefficient (Wildman–Crippen LogP) is 1.55. The fourth-order valence-electron chi connectivity index (χ4n) is 3.33. The van der Waals surface area contributed by atoms with Gasteiger partial charge in [-0.2, -0.15) is 19.7 Å². The van der Waals surface area contributed by atoms with Crippen molar-refractivity contribution in [2.24, 2.45) is 7.05 Å². The van der Waals surface area contributed by atoms with Crippen LogP contribution in [0.15, 0.2) is 24.7 Å². The lowest BCUT2D eigenvalue weighted by atomic mass is 9.93. The highest BCUT2D eigenvalue weighted by atomic mass is 15.4. The van der Waals surface area contributed by atoms with Gasteiger partial charge in [0.05, 0.1) is 0 Å². The summed E-state index contributed by atoms with van der Waals surface area (Å²) in [4.78, 5) is 11.0. The second-order valence-corrected chi connectivity index (χ2v) is 5.87. The van der Waals surface area contributed by atoms with Crippen LogP contribution in [0.25, 0.3) is 5.78 Å². The van der Waals surface area contributed by atoms with Gasteiger partial charge in [0.1, 0.15) is 12.1 Å². The lowest BCUT2D eigenvalue weighted by molar-refractivity contribution is 0.473. The molecule has 114 valence electrons. The molecule has 7 nitrogen and oxygen atoms in total. The van der Waals surface area contributed by atoms with Gasteiger partial charge in [0.25, 0.3) is 5.78 Å². The van der Waals surface area contributed by atoms with Crippen molar-refractivity contribution in [1.82, 2.24) is 29.4 Å². The maximum Gasteiger partial charge on any atom is 0.254 e. The Morgan fingerprint density at radius 1 is 1.18 bits per heavy atom. The van der Waals surface area contributed by atoms with Crippen molar-refractivity contribution < 1.29 is 0 Å². The lowest BCUT2D eigenvalue weighted by Crippen LogP contribution is -2.35. The van der Waals surface area contributed by atoms with E-state index in [1.165, 1.54) is 5.69 Å². The summed E-state index contributed by atoms with van der Waals surface area (Å²) >= 11 is 0. The molecular formula is C15H19N7. The van der Waals surface area contributed by atoms with Gasteiger partial charge in [0, 0.05) is 49.7 Å². The van der Waals surface area contributed by atoms with Gasteiger partial charge in [-0.25, -0.2) is 4.98 Å². The zero-order chi connectivity index (χ0) is 15.1. The number of aromatic nitrogens is 6. The number of nitrogens with zero attached hydrogens (tertiary/aromatic N) is 7. The van der Waals surface area contributed by atoms with Crippen molar-refractivity contribution in [2.75, 3.05) is 18.0 Å². The summed E-state index contributed by atoms with van der Waals surface area (Å²) in [6.45, 7) is 4.02. The molecule has 1 aliphatic heterocycles. The van der Waals surface area contributed by atoms with Crippen LogP contribution in [-0.2, 0) is 7.05 Å². The highest BCUT2D eigenvalue weighted by Crippen LogP contribution is 2.30. The molecule has 0 saturated carbocycles. The third kappa shape index (κ3) is 2.13. The minimum atomic E-state index is 0.581. The molecule has 0 atom stereocenters. The molecule has 0 spiro atoms. The minimum Gasteiger partial charge on any atom is -0.356 e. The van der Waals surface area contributed by atoms with Gasteiger partial charge in [-0.05, 0) is 25.8 Å². The van der Waals surface area contributed by atoms with E-state index in [0.717, 1.165) is 37.4 Å². The second kappa shape index (κ2) is 5.08. The minimum absolute atomic E-state index is 0.581. The number of fused-ring (bicyclic) bond motifs is 1. The molecule has 3 aromatic rings. The SMILES string of the molecule is Cc1cc(N2CCC(c3ccnn3C)CC2)n2ncnc2n1. The number of hydrogen-bond donors (Lipinski definition) is 0. The Hall–Kier alpha value is -2.44. The number of rotatable bonds is 2. The number of hydrogen-bond acceptors (Lipinski definition) is 5. The van der Waals surface area contributed by atoms with Gasteiger partial charge in [-0.3, -0.25) is 4.68 Å². The summed E-state index contributed by atoms with van der Waals surface area (Å²) in [5, 5.41) is 8.59. The van der Waals surface area contributed by atoms with Crippen LogP contribution < -0.4 is 4.90 Å². The summed E-state index contributed by atoms with van der Waals surface area (Å²) in [6.07, 6.45) is 5.69. The standard InChI is InChI=1S/C15H19N7/c1-11-9-14(22-15(19-11)16-10-18-22)21-7-4-12(5-8-21)13-3-6-17-20(13)2/h3,6,9-10,12H,4-5,7-8H2,1-2H3. The Bertz CT molecular complexity index is 795. The molecule has 0 aliphatic carbocycles. The van der Waals surface area contributed by atoms with E-state index >= 15 is 0 Å². The Labute approximate surface area is 128 Å². The van der Waals surface area contributed by atoms with Gasteiger partial charge in [0.15, 0.2) is 0 Å². The molecule has 7 heteroatoms. The van der Waals surface area contributed by atoms with Crippen molar-refractivity contribution in [2.45, 2.75) is 25.7 Å². The second-order valence-electron chi connectivity index (χ2n) is 5.87. The monoisotopic (exact) mass is 297 g/mol. The van der Waals surface area contributed by atoms with E-state index in [1.807, 2.05) is 29.4 Å². The third-order valence-electron chi connectivity index (χ3n) is 4.46. The maximum absolute atomic E-state index is 4.41. The normalized spacial score (nSPS) is 16.5. The Balaban J connectivity index is 1.58. The molecule has 0 bridgehead atoms. The summed E-state index contributed by atoms with van der Waals surface area (Å²) < 4.78 is 3.82. The topological polar surface area (TPSA) is 64.1 Å². The summed E-state index contributed by atoms with van der Waals surface area (Å²) in [5.74, 6) is 2.34.